The minimum absolute atomic E-state index is 0.310. The summed E-state index contributed by atoms with van der Waals surface area (Å²) in [5.74, 6) is 0. The second-order valence-electron chi connectivity index (χ2n) is 5.05. The Hall–Kier alpha value is -0.560. The van der Waals surface area contributed by atoms with Crippen LogP contribution in [-0.2, 0) is 0 Å². The van der Waals surface area contributed by atoms with Crippen molar-refractivity contribution in [2.45, 2.75) is 52.5 Å². The van der Waals surface area contributed by atoms with Gasteiger partial charge in [0.25, 0.3) is 0 Å². The third kappa shape index (κ3) is 1.78. The lowest BCUT2D eigenvalue weighted by molar-refractivity contribution is 0.403. The van der Waals surface area contributed by atoms with Gasteiger partial charge in [0.2, 0.25) is 0 Å². The molecule has 1 rings (SSSR count). The van der Waals surface area contributed by atoms with Crippen LogP contribution in [0.15, 0.2) is 23.8 Å². The van der Waals surface area contributed by atoms with Crippen LogP contribution in [0, 0.1) is 5.41 Å². The third-order valence-electron chi connectivity index (χ3n) is 4.16. The molecule has 1 aliphatic rings. The zero-order valence-corrected chi connectivity index (χ0v) is 10.9. The zero-order chi connectivity index (χ0) is 11.7. The van der Waals surface area contributed by atoms with Crippen LogP contribution in [0.4, 0.5) is 0 Å². The molecular weight excluding hydrogens is 182 g/mol. The molecule has 86 valence electrons. The molecule has 2 unspecified atom stereocenters. The van der Waals surface area contributed by atoms with E-state index < -0.39 is 0 Å². The zero-order valence-electron chi connectivity index (χ0n) is 10.9. The van der Waals surface area contributed by atoms with E-state index in [1.54, 1.807) is 0 Å². The van der Waals surface area contributed by atoms with Gasteiger partial charge in [0.05, 0.1) is 0 Å². The Kier molecular flexibility index (Phi) is 3.44. The molecule has 2 atom stereocenters. The summed E-state index contributed by atoms with van der Waals surface area (Å²) in [6.07, 6.45) is 5.86. The Morgan fingerprint density at radius 2 is 1.93 bits per heavy atom. The van der Waals surface area contributed by atoms with Crippen LogP contribution in [-0.4, -0.2) is 12.6 Å². The predicted molar refractivity (Wildman–Crippen MR) is 68.0 cm³/mol. The van der Waals surface area contributed by atoms with E-state index in [1.165, 1.54) is 30.4 Å². The summed E-state index contributed by atoms with van der Waals surface area (Å²) in [7, 11) is 2.08. The molecule has 0 spiro atoms. The van der Waals surface area contributed by atoms with Crippen molar-refractivity contribution < 1.29 is 0 Å². The second kappa shape index (κ2) is 4.13. The van der Waals surface area contributed by atoms with Gasteiger partial charge in [-0.2, -0.15) is 0 Å². The Morgan fingerprint density at radius 3 is 2.20 bits per heavy atom. The van der Waals surface area contributed by atoms with Crippen molar-refractivity contribution >= 4 is 0 Å². The molecule has 0 saturated heterocycles. The van der Waals surface area contributed by atoms with Gasteiger partial charge in [-0.25, -0.2) is 0 Å². The molecule has 0 aromatic rings. The smallest absolute Gasteiger partial charge is 0.0282 e. The maximum atomic E-state index is 4.27. The quantitative estimate of drug-likeness (QED) is 0.678. The average Bonchev–Trinajstić information content (AvgIpc) is 2.87. The molecule has 1 heteroatoms. The molecule has 0 bridgehead atoms. The van der Waals surface area contributed by atoms with Crippen LogP contribution in [0.3, 0.4) is 0 Å². The molecule has 0 aliphatic heterocycles. The molecule has 1 fully saturated rings. The van der Waals surface area contributed by atoms with E-state index in [2.05, 4.69) is 52.7 Å². The van der Waals surface area contributed by atoms with E-state index in [1.807, 2.05) is 0 Å². The van der Waals surface area contributed by atoms with Gasteiger partial charge < -0.3 is 5.32 Å². The maximum Gasteiger partial charge on any atom is 0.0282 e. The maximum absolute atomic E-state index is 4.27. The first kappa shape index (κ1) is 12.5. The first-order chi connectivity index (χ1) is 6.98. The monoisotopic (exact) mass is 207 g/mol. The highest BCUT2D eigenvalue weighted by molar-refractivity contribution is 5.40. The lowest BCUT2D eigenvalue weighted by atomic mass is 9.86. The molecule has 15 heavy (non-hydrogen) atoms. The molecular formula is C14H25N. The summed E-state index contributed by atoms with van der Waals surface area (Å²) in [6, 6.07) is 0. The van der Waals surface area contributed by atoms with Crippen molar-refractivity contribution in [1.29, 1.82) is 0 Å². The molecule has 1 aliphatic carbocycles. The minimum Gasteiger partial charge on any atom is -0.313 e. The van der Waals surface area contributed by atoms with Crippen molar-refractivity contribution in [3.8, 4) is 0 Å². The van der Waals surface area contributed by atoms with Crippen molar-refractivity contribution in [1.82, 2.24) is 5.32 Å². The summed E-state index contributed by atoms with van der Waals surface area (Å²) >= 11 is 0. The molecule has 0 amide bonds. The van der Waals surface area contributed by atoms with Crippen molar-refractivity contribution in [2.75, 3.05) is 7.05 Å². The second-order valence-corrected chi connectivity index (χ2v) is 5.05. The molecule has 0 radical (unpaired) electrons. The lowest BCUT2D eigenvalue weighted by Gasteiger charge is -2.24. The first-order valence-electron chi connectivity index (χ1n) is 6.01. The van der Waals surface area contributed by atoms with Crippen LogP contribution in [0.2, 0.25) is 0 Å². The fourth-order valence-corrected chi connectivity index (χ4v) is 3.04. The number of nitrogens with one attached hydrogen (secondary N) is 1. The van der Waals surface area contributed by atoms with Gasteiger partial charge in [-0.05, 0) is 45.7 Å². The average molecular weight is 207 g/mol. The highest BCUT2D eigenvalue weighted by atomic mass is 15.0. The summed E-state index contributed by atoms with van der Waals surface area (Å²) in [4.78, 5) is 0. The van der Waals surface area contributed by atoms with Gasteiger partial charge in [-0.3, -0.25) is 0 Å². The van der Waals surface area contributed by atoms with Gasteiger partial charge in [-0.1, -0.05) is 32.1 Å². The summed E-state index contributed by atoms with van der Waals surface area (Å²) < 4.78 is 0. The van der Waals surface area contributed by atoms with Crippen LogP contribution >= 0.6 is 0 Å². The largest absolute Gasteiger partial charge is 0.313 e. The van der Waals surface area contributed by atoms with Crippen LogP contribution < -0.4 is 5.32 Å². The SMILES string of the molecule is C=C(C=C(C)C)C1(CC)CC1(CC)NC. The number of allylic oxidation sites excluding steroid dienone is 2. The van der Waals surface area contributed by atoms with Crippen molar-refractivity contribution in [3.05, 3.63) is 23.8 Å². The normalized spacial score (nSPS) is 33.7. The standard InChI is InChI=1S/C14H25N/c1-7-13(12(5)9-11(3)4)10-14(13,8-2)15-6/h9,15H,5,7-8,10H2,1-4,6H3. The number of rotatable bonds is 5. The van der Waals surface area contributed by atoms with Crippen molar-refractivity contribution in [2.24, 2.45) is 5.41 Å². The van der Waals surface area contributed by atoms with E-state index in [-0.39, 0.29) is 0 Å². The molecule has 1 N–H and O–H groups in total. The molecule has 0 heterocycles. The van der Waals surface area contributed by atoms with Crippen LogP contribution in [0.25, 0.3) is 0 Å². The van der Waals surface area contributed by atoms with Gasteiger partial charge in [0.15, 0.2) is 0 Å². The molecule has 0 aromatic carbocycles. The van der Waals surface area contributed by atoms with E-state index >= 15 is 0 Å². The fraction of sp³-hybridized carbons (Fsp3) is 0.714. The van der Waals surface area contributed by atoms with Gasteiger partial charge in [0, 0.05) is 11.0 Å². The molecule has 1 saturated carbocycles. The van der Waals surface area contributed by atoms with Crippen LogP contribution in [0.1, 0.15) is 47.0 Å². The summed E-state index contributed by atoms with van der Waals surface area (Å²) in [6.45, 7) is 13.1. The van der Waals surface area contributed by atoms with Gasteiger partial charge in [0.1, 0.15) is 0 Å². The van der Waals surface area contributed by atoms with E-state index in [0.717, 1.165) is 0 Å². The Morgan fingerprint density at radius 1 is 1.33 bits per heavy atom. The fourth-order valence-electron chi connectivity index (χ4n) is 3.04. The first-order valence-corrected chi connectivity index (χ1v) is 6.01. The van der Waals surface area contributed by atoms with Crippen LogP contribution in [0.5, 0.6) is 0 Å². The lowest BCUT2D eigenvalue weighted by Crippen LogP contribution is -2.34. The highest BCUT2D eigenvalue weighted by Crippen LogP contribution is 2.64. The van der Waals surface area contributed by atoms with Crippen molar-refractivity contribution in [3.63, 3.8) is 0 Å². The molecule has 1 nitrogen and oxygen atoms in total. The Bertz CT molecular complexity index is 280. The Balaban J connectivity index is 2.92. The summed E-state index contributed by atoms with van der Waals surface area (Å²) in [5.41, 5.74) is 3.28. The van der Waals surface area contributed by atoms with Gasteiger partial charge in [-0.15, -0.1) is 0 Å². The Labute approximate surface area is 94.6 Å². The van der Waals surface area contributed by atoms with E-state index in [9.17, 15) is 0 Å². The van der Waals surface area contributed by atoms with E-state index in [0.29, 0.717) is 11.0 Å². The summed E-state index contributed by atoms with van der Waals surface area (Å²) in [5, 5.41) is 3.51. The van der Waals surface area contributed by atoms with Gasteiger partial charge >= 0.3 is 0 Å². The highest BCUT2D eigenvalue weighted by Gasteiger charge is 2.64. The third-order valence-corrected chi connectivity index (χ3v) is 4.16. The number of hydrogen-bond donors (Lipinski definition) is 1. The number of hydrogen-bond acceptors (Lipinski definition) is 1. The predicted octanol–water partition coefficient (Wildman–Crippen LogP) is 3.68. The molecule has 0 aromatic heterocycles. The minimum atomic E-state index is 0.310. The van der Waals surface area contributed by atoms with E-state index in [4.69, 9.17) is 0 Å². The topological polar surface area (TPSA) is 12.0 Å².